The van der Waals surface area contributed by atoms with Crippen molar-refractivity contribution in [3.05, 3.63) is 200 Å². The van der Waals surface area contributed by atoms with E-state index in [0.717, 1.165) is 6.42 Å². The van der Waals surface area contributed by atoms with Crippen molar-refractivity contribution >= 4 is 82.8 Å². The van der Waals surface area contributed by atoms with Crippen molar-refractivity contribution in [2.75, 3.05) is 39.9 Å². The quantitative estimate of drug-likeness (QED) is 0.0190. The summed E-state index contributed by atoms with van der Waals surface area (Å²) in [5.74, 6) is -5.75. The fourth-order valence-corrected chi connectivity index (χ4v) is 7.37. The maximum absolute atomic E-state index is 12.7. The number of hydrogen-bond acceptors (Lipinski definition) is 14. The molecule has 0 heterocycles. The van der Waals surface area contributed by atoms with Crippen molar-refractivity contribution in [1.82, 2.24) is 37.2 Å². The molecule has 434 valence electrons. The van der Waals surface area contributed by atoms with Crippen LogP contribution in [-0.2, 0) is 32.2 Å². The van der Waals surface area contributed by atoms with Crippen LogP contribution in [0.1, 0.15) is 86.6 Å². The summed E-state index contributed by atoms with van der Waals surface area (Å²) in [4.78, 5) is 122. The minimum Gasteiger partial charge on any atom is -0.508 e. The zero-order valence-corrected chi connectivity index (χ0v) is 46.1. The van der Waals surface area contributed by atoms with Gasteiger partial charge in [0, 0.05) is 62.1 Å². The van der Waals surface area contributed by atoms with E-state index < -0.39 is 65.6 Å². The van der Waals surface area contributed by atoms with E-state index in [-0.39, 0.29) is 64.2 Å². The highest BCUT2D eigenvalue weighted by atomic mass is 35.5. The molecule has 2 atom stereocenters. The van der Waals surface area contributed by atoms with E-state index in [1.165, 1.54) is 54.6 Å². The second-order valence-electron chi connectivity index (χ2n) is 17.2. The maximum Gasteiger partial charge on any atom is 0.412 e. The van der Waals surface area contributed by atoms with E-state index in [1.807, 2.05) is 6.92 Å². The van der Waals surface area contributed by atoms with Crippen LogP contribution in [0, 0.1) is 0 Å². The van der Waals surface area contributed by atoms with Crippen LogP contribution in [0.15, 0.2) is 151 Å². The zero-order valence-electron chi connectivity index (χ0n) is 44.6. The van der Waals surface area contributed by atoms with Gasteiger partial charge < -0.3 is 62.0 Å². The zero-order chi connectivity index (χ0) is 60.7. The van der Waals surface area contributed by atoms with Crippen LogP contribution in [0.25, 0.3) is 0 Å². The number of aliphatic carboxylic acids is 2. The number of aromatic hydroxyl groups is 1. The van der Waals surface area contributed by atoms with Gasteiger partial charge in [0.1, 0.15) is 23.6 Å². The molecule has 0 fully saturated rings. The van der Waals surface area contributed by atoms with E-state index in [9.17, 15) is 63.3 Å². The van der Waals surface area contributed by atoms with Crippen molar-refractivity contribution in [3.63, 3.8) is 0 Å². The summed E-state index contributed by atoms with van der Waals surface area (Å²) in [7, 11) is 1.56. The number of nitrogens with zero attached hydrogens (tertiary/aromatic N) is 1. The lowest BCUT2D eigenvalue weighted by atomic mass is 10.1. The van der Waals surface area contributed by atoms with Crippen LogP contribution < -0.4 is 42.0 Å². The molecule has 0 aliphatic carbocycles. The number of nitrogens with one attached hydrogen (secondary N) is 7. The number of halogens is 2. The molecule has 6 aromatic rings. The summed E-state index contributed by atoms with van der Waals surface area (Å²) in [6.45, 7) is 2.92. The molecule has 25 heteroatoms. The van der Waals surface area contributed by atoms with Gasteiger partial charge in [-0.25, -0.2) is 24.2 Å². The summed E-state index contributed by atoms with van der Waals surface area (Å²) >= 11 is 12.4. The Bertz CT molecular complexity index is 3270. The standard InChI is InChI=1S/C29H29ClN4O7.C25H22ClN3O6.C4H7NO2/c1-2-13-31-29(40)41-21-10-6-7-18(14-21)16-32-26(36)20-11-12-22(23(30)15-20)27(37)34-24(28(38)39)17-33-25(35)19-8-4-3-5-9-19;26-20-12-17(23(32)27-13-15-5-4-8-18(30)11-15)9-10-19(20)24(33)29-21(25(34)35)14-28-22(31)16-6-2-1-3-7-16;1-7-3-2-5-4-6/h3-12,14-15,24H,2,13,16-17H2,1H3,(H,31,40)(H,32,36)(H,33,35)(H,34,37)(H,38,39);1-12,21,30H,13-14H2,(H,27,32)(H,28,31)(H,29,33)(H,34,35);2-3H2,1H3. The number of carbonyl (C=O) groups is 9. The van der Waals surface area contributed by atoms with E-state index in [0.29, 0.717) is 47.7 Å². The number of phenols is 1. The molecule has 10 N–H and O–H groups in total. The van der Waals surface area contributed by atoms with Crippen molar-refractivity contribution < 1.29 is 72.7 Å². The molecular weight excluding hydrogens is 1120 g/mol. The molecule has 0 aromatic heterocycles. The van der Waals surface area contributed by atoms with Crippen LogP contribution in [0.2, 0.25) is 10.0 Å². The van der Waals surface area contributed by atoms with E-state index in [4.69, 9.17) is 27.9 Å². The van der Waals surface area contributed by atoms with Crippen molar-refractivity contribution in [2.45, 2.75) is 38.5 Å². The topological polar surface area (TPSA) is 346 Å². The molecule has 7 amide bonds. The number of phenolic OH excluding ortho intramolecular Hbond substituents is 1. The van der Waals surface area contributed by atoms with Crippen molar-refractivity contribution in [1.29, 1.82) is 0 Å². The monoisotopic (exact) mass is 1180 g/mol. The number of rotatable bonds is 24. The predicted octanol–water partition coefficient (Wildman–Crippen LogP) is 5.94. The van der Waals surface area contributed by atoms with Crippen LogP contribution >= 0.6 is 23.2 Å². The number of carboxylic acid groups (broad SMARTS) is 2. The Morgan fingerprint density at radius 3 is 1.42 bits per heavy atom. The van der Waals surface area contributed by atoms with Gasteiger partial charge in [-0.3, -0.25) is 28.8 Å². The van der Waals surface area contributed by atoms with Crippen molar-refractivity contribution in [2.24, 2.45) is 4.99 Å². The lowest BCUT2D eigenvalue weighted by Gasteiger charge is -2.16. The smallest absolute Gasteiger partial charge is 0.412 e. The van der Waals surface area contributed by atoms with Gasteiger partial charge in [0.25, 0.3) is 35.4 Å². The Morgan fingerprint density at radius 1 is 0.542 bits per heavy atom. The number of carbonyl (C=O) groups excluding carboxylic acids is 8. The molecule has 6 rings (SSSR count). The third-order valence-electron chi connectivity index (χ3n) is 11.1. The number of methoxy groups -OCH3 is 1. The normalized spacial score (nSPS) is 10.8. The molecule has 0 bridgehead atoms. The third-order valence-corrected chi connectivity index (χ3v) is 11.7. The number of carboxylic acids is 2. The Morgan fingerprint density at radius 2 is 1.00 bits per heavy atom. The van der Waals surface area contributed by atoms with Gasteiger partial charge in [-0.2, -0.15) is 0 Å². The molecule has 83 heavy (non-hydrogen) atoms. The van der Waals surface area contributed by atoms with Crippen LogP contribution in [0.3, 0.4) is 0 Å². The van der Waals surface area contributed by atoms with Crippen LogP contribution in [0.4, 0.5) is 4.79 Å². The number of amides is 7. The largest absolute Gasteiger partial charge is 0.508 e. The fraction of sp³-hybridized carbons (Fsp3) is 0.207. The van der Waals surface area contributed by atoms with Crippen LogP contribution in [-0.4, -0.2) is 127 Å². The molecule has 6 aromatic carbocycles. The Hall–Kier alpha value is -9.93. The molecule has 0 spiro atoms. The lowest BCUT2D eigenvalue weighted by molar-refractivity contribution is -0.140. The molecule has 0 saturated heterocycles. The summed E-state index contributed by atoms with van der Waals surface area (Å²) in [6.07, 6.45) is 1.60. The first kappa shape index (κ1) is 65.6. The SMILES string of the molecule is CCCNC(=O)Oc1cccc(CNC(=O)c2ccc(C(=O)NC(CNC(=O)c3ccccc3)C(=O)O)c(Cl)c2)c1.COCCN=C=O.O=C(NCc1cccc(O)c1)c1ccc(C(=O)NC(CNC(=O)c2ccccc2)C(=O)O)c(Cl)c1. The van der Waals surface area contributed by atoms with Gasteiger partial charge in [0.05, 0.1) is 34.3 Å². The van der Waals surface area contributed by atoms with E-state index >= 15 is 0 Å². The van der Waals surface area contributed by atoms with Gasteiger partial charge in [-0.1, -0.05) is 90.8 Å². The number of isocyanates is 1. The molecule has 0 radical (unpaired) electrons. The number of aliphatic imine (C=N–C) groups is 1. The van der Waals surface area contributed by atoms with Gasteiger partial charge in [-0.15, -0.1) is 0 Å². The highest BCUT2D eigenvalue weighted by Gasteiger charge is 2.25. The summed E-state index contributed by atoms with van der Waals surface area (Å²) < 4.78 is 9.79. The second kappa shape index (κ2) is 34.9. The van der Waals surface area contributed by atoms with E-state index in [1.54, 1.807) is 104 Å². The molecule has 0 aliphatic heterocycles. The average Bonchev–Trinajstić information content (AvgIpc) is 3.66. The van der Waals surface area contributed by atoms with E-state index in [2.05, 4.69) is 46.9 Å². The predicted molar refractivity (Wildman–Crippen MR) is 304 cm³/mol. The van der Waals surface area contributed by atoms with Gasteiger partial charge in [-0.05, 0) is 102 Å². The first-order valence-electron chi connectivity index (χ1n) is 25.1. The van der Waals surface area contributed by atoms with Gasteiger partial charge >= 0.3 is 18.0 Å². The summed E-state index contributed by atoms with van der Waals surface area (Å²) in [5, 5.41) is 45.9. The average molecular weight is 1180 g/mol. The highest BCUT2D eigenvalue weighted by Crippen LogP contribution is 2.21. The molecule has 0 saturated carbocycles. The van der Waals surface area contributed by atoms with Gasteiger partial charge in [0.2, 0.25) is 6.08 Å². The lowest BCUT2D eigenvalue weighted by Crippen LogP contribution is -2.48. The maximum atomic E-state index is 12.7. The first-order chi connectivity index (χ1) is 39.8. The number of hydrogen-bond donors (Lipinski definition) is 10. The summed E-state index contributed by atoms with van der Waals surface area (Å²) in [6, 6.07) is 34.7. The first-order valence-corrected chi connectivity index (χ1v) is 25.8. The third kappa shape index (κ3) is 23.0. The highest BCUT2D eigenvalue weighted by molar-refractivity contribution is 6.34. The fourth-order valence-electron chi connectivity index (χ4n) is 6.83. The minimum absolute atomic E-state index is 0.0307. The molecule has 0 aliphatic rings. The van der Waals surface area contributed by atoms with Crippen molar-refractivity contribution in [3.8, 4) is 11.5 Å². The molecular formula is C58H58Cl2N8O15. The molecule has 2 unspecified atom stereocenters. The number of benzene rings is 6. The summed E-state index contributed by atoms with van der Waals surface area (Å²) in [5.41, 5.74) is 2.35. The van der Waals surface area contributed by atoms with Gasteiger partial charge in [0.15, 0.2) is 0 Å². The van der Waals surface area contributed by atoms with Crippen LogP contribution in [0.5, 0.6) is 11.5 Å². The Balaban J connectivity index is 0.000000322. The Kier molecular flexibility index (Phi) is 27.6. The Labute approximate surface area is 485 Å². The minimum atomic E-state index is -1.42. The molecule has 23 nitrogen and oxygen atoms in total. The number of ether oxygens (including phenoxy) is 2. The second-order valence-corrected chi connectivity index (χ2v) is 18.0.